The van der Waals surface area contributed by atoms with Gasteiger partial charge in [0.2, 0.25) is 0 Å². The lowest BCUT2D eigenvalue weighted by molar-refractivity contribution is -0.135. The molecule has 118 valence electrons. The molecule has 2 rings (SSSR count). The summed E-state index contributed by atoms with van der Waals surface area (Å²) in [6.07, 6.45) is 1.24. The van der Waals surface area contributed by atoms with Crippen molar-refractivity contribution in [2.24, 2.45) is 0 Å². The fraction of sp³-hybridized carbons (Fsp3) is 0.111. The Labute approximate surface area is 144 Å². The molecule has 0 aromatic heterocycles. The van der Waals surface area contributed by atoms with Crippen molar-refractivity contribution in [3.8, 4) is 0 Å². The molecule has 5 heteroatoms. The minimum Gasteiger partial charge on any atom is -0.433 e. The number of hydrogen-bond acceptors (Lipinski definition) is 5. The third-order valence-corrected chi connectivity index (χ3v) is 4.75. The number of allylic oxidation sites excluding steroid dienone is 1. The van der Waals surface area contributed by atoms with Crippen LogP contribution < -0.4 is 0 Å². The lowest BCUT2D eigenvalue weighted by atomic mass is 10.4. The van der Waals surface area contributed by atoms with Crippen molar-refractivity contribution in [2.75, 3.05) is 5.75 Å². The van der Waals surface area contributed by atoms with Crippen LogP contribution in [-0.2, 0) is 14.3 Å². The zero-order valence-electron chi connectivity index (χ0n) is 12.6. The van der Waals surface area contributed by atoms with Crippen LogP contribution in [0.3, 0.4) is 0 Å². The molecule has 0 N–H and O–H groups in total. The molecule has 0 saturated carbocycles. The Balaban J connectivity index is 2.05. The molecule has 23 heavy (non-hydrogen) atoms. The second kappa shape index (κ2) is 9.22. The average molecular weight is 344 g/mol. The molecular formula is C18H16O3S2. The number of carbonyl (C=O) groups excluding carboxylic acids is 2. The first kappa shape index (κ1) is 17.4. The normalized spacial score (nSPS) is 11.1. The first-order valence-electron chi connectivity index (χ1n) is 6.96. The summed E-state index contributed by atoms with van der Waals surface area (Å²) >= 11 is 2.75. The molecule has 0 unspecified atom stereocenters. The van der Waals surface area contributed by atoms with Gasteiger partial charge >= 0.3 is 5.97 Å². The van der Waals surface area contributed by atoms with Gasteiger partial charge in [-0.3, -0.25) is 9.59 Å². The van der Waals surface area contributed by atoms with Crippen LogP contribution in [0.4, 0.5) is 0 Å². The highest BCUT2D eigenvalue weighted by atomic mass is 32.2. The number of rotatable bonds is 7. The maximum atomic E-state index is 12.4. The largest absolute Gasteiger partial charge is 0.433 e. The minimum atomic E-state index is -0.445. The van der Waals surface area contributed by atoms with Gasteiger partial charge in [-0.15, -0.1) is 11.8 Å². The summed E-state index contributed by atoms with van der Waals surface area (Å²) in [6.45, 7) is 1.31. The smallest absolute Gasteiger partial charge is 0.307 e. The van der Waals surface area contributed by atoms with E-state index in [-0.39, 0.29) is 11.5 Å². The Morgan fingerprint density at radius 1 is 0.957 bits per heavy atom. The Morgan fingerprint density at radius 2 is 1.52 bits per heavy atom. The van der Waals surface area contributed by atoms with Crippen LogP contribution in [0, 0.1) is 0 Å². The second-order valence-corrected chi connectivity index (χ2v) is 6.70. The van der Waals surface area contributed by atoms with Gasteiger partial charge in [0.1, 0.15) is 6.26 Å². The lowest BCUT2D eigenvalue weighted by Gasteiger charge is -2.06. The van der Waals surface area contributed by atoms with Gasteiger partial charge in [-0.05, 0) is 24.3 Å². The zero-order valence-corrected chi connectivity index (χ0v) is 14.2. The first-order chi connectivity index (χ1) is 11.1. The summed E-state index contributed by atoms with van der Waals surface area (Å²) in [5, 5.41) is 0. The van der Waals surface area contributed by atoms with E-state index in [4.69, 9.17) is 4.74 Å². The Morgan fingerprint density at radius 3 is 2.09 bits per heavy atom. The maximum absolute atomic E-state index is 12.4. The van der Waals surface area contributed by atoms with Crippen LogP contribution in [0.5, 0.6) is 0 Å². The van der Waals surface area contributed by atoms with Gasteiger partial charge in [0.05, 0.1) is 10.7 Å². The molecule has 3 nitrogen and oxygen atoms in total. The highest BCUT2D eigenvalue weighted by molar-refractivity contribution is 8.04. The predicted octanol–water partition coefficient (Wildman–Crippen LogP) is 4.54. The summed E-state index contributed by atoms with van der Waals surface area (Å²) in [5.41, 5.74) is 0. The average Bonchev–Trinajstić information content (AvgIpc) is 2.58. The molecule has 0 bridgehead atoms. The van der Waals surface area contributed by atoms with Crippen molar-refractivity contribution in [1.29, 1.82) is 0 Å². The van der Waals surface area contributed by atoms with Crippen LogP contribution in [0.1, 0.15) is 6.92 Å². The molecular weight excluding hydrogens is 328 g/mol. The van der Waals surface area contributed by atoms with Crippen molar-refractivity contribution in [1.82, 2.24) is 0 Å². The van der Waals surface area contributed by atoms with Gasteiger partial charge in [0, 0.05) is 16.7 Å². The summed E-state index contributed by atoms with van der Waals surface area (Å²) in [7, 11) is 0. The summed E-state index contributed by atoms with van der Waals surface area (Å²) in [5.74, 6) is -0.231. The van der Waals surface area contributed by atoms with E-state index >= 15 is 0 Å². The molecule has 0 heterocycles. The Bertz CT molecular complexity index is 682. The zero-order chi connectivity index (χ0) is 16.5. The highest BCUT2D eigenvalue weighted by Gasteiger charge is 2.13. The predicted molar refractivity (Wildman–Crippen MR) is 94.3 cm³/mol. The van der Waals surface area contributed by atoms with Crippen molar-refractivity contribution in [3.63, 3.8) is 0 Å². The van der Waals surface area contributed by atoms with Crippen LogP contribution in [0.2, 0.25) is 0 Å². The molecule has 0 aliphatic heterocycles. The summed E-state index contributed by atoms with van der Waals surface area (Å²) in [6, 6.07) is 19.2. The number of hydrogen-bond donors (Lipinski definition) is 0. The van der Waals surface area contributed by atoms with Gasteiger partial charge in [-0.25, -0.2) is 0 Å². The number of benzene rings is 2. The molecule has 2 aromatic carbocycles. The fourth-order valence-corrected chi connectivity index (χ4v) is 3.36. The van der Waals surface area contributed by atoms with Gasteiger partial charge in [-0.2, -0.15) is 0 Å². The number of thioether (sulfide) groups is 2. The molecule has 0 saturated heterocycles. The molecule has 0 radical (unpaired) electrons. The topological polar surface area (TPSA) is 43.4 Å². The van der Waals surface area contributed by atoms with Crippen LogP contribution in [-0.4, -0.2) is 17.5 Å². The third kappa shape index (κ3) is 6.34. The van der Waals surface area contributed by atoms with Gasteiger partial charge in [-0.1, -0.05) is 48.2 Å². The molecule has 0 amide bonds. The number of carbonyl (C=O) groups is 2. The quantitative estimate of drug-likeness (QED) is 0.319. The number of esters is 1. The number of Topliss-reactive ketones (excluding diaryl/α,β-unsaturated/α-hetero) is 1. The summed E-state index contributed by atoms with van der Waals surface area (Å²) < 4.78 is 4.90. The fourth-order valence-electron chi connectivity index (χ4n) is 1.64. The van der Waals surface area contributed by atoms with Gasteiger partial charge in [0.25, 0.3) is 0 Å². The summed E-state index contributed by atoms with van der Waals surface area (Å²) in [4.78, 5) is 25.8. The molecule has 0 fully saturated rings. The molecule has 0 spiro atoms. The van der Waals surface area contributed by atoms with E-state index in [0.29, 0.717) is 4.91 Å². The molecule has 2 aromatic rings. The number of ether oxygens (including phenoxy) is 1. The van der Waals surface area contributed by atoms with Crippen molar-refractivity contribution < 1.29 is 14.3 Å². The van der Waals surface area contributed by atoms with Crippen molar-refractivity contribution >= 4 is 35.3 Å². The molecule has 0 atom stereocenters. The van der Waals surface area contributed by atoms with E-state index in [0.717, 1.165) is 9.79 Å². The Hall–Kier alpha value is -1.98. The standard InChI is InChI=1S/C18H16O3S2/c1-14(19)21-12-18(23-16-10-6-3-7-11-16)17(20)13-22-15-8-4-2-5-9-15/h2-12H,13H2,1H3/b18-12-. The Kier molecular flexibility index (Phi) is 6.97. The lowest BCUT2D eigenvalue weighted by Crippen LogP contribution is -2.05. The van der Waals surface area contributed by atoms with E-state index < -0.39 is 5.97 Å². The maximum Gasteiger partial charge on any atom is 0.307 e. The van der Waals surface area contributed by atoms with E-state index in [1.54, 1.807) is 0 Å². The first-order valence-corrected chi connectivity index (χ1v) is 8.76. The highest BCUT2D eigenvalue weighted by Crippen LogP contribution is 2.29. The second-order valence-electron chi connectivity index (χ2n) is 4.53. The van der Waals surface area contributed by atoms with Crippen molar-refractivity contribution in [2.45, 2.75) is 16.7 Å². The van der Waals surface area contributed by atoms with E-state index in [1.807, 2.05) is 60.7 Å². The van der Waals surface area contributed by atoms with E-state index in [1.165, 1.54) is 36.7 Å². The third-order valence-electron chi connectivity index (χ3n) is 2.69. The molecule has 0 aliphatic rings. The van der Waals surface area contributed by atoms with Crippen LogP contribution >= 0.6 is 23.5 Å². The van der Waals surface area contributed by atoms with Crippen molar-refractivity contribution in [3.05, 3.63) is 71.8 Å². The van der Waals surface area contributed by atoms with E-state index in [9.17, 15) is 9.59 Å². The van der Waals surface area contributed by atoms with Gasteiger partial charge < -0.3 is 4.74 Å². The molecule has 0 aliphatic carbocycles. The SMILES string of the molecule is CC(=O)O/C=C(\Sc1ccccc1)C(=O)CSc1ccccc1. The number of ketones is 1. The minimum absolute atomic E-state index is 0.0750. The van der Waals surface area contributed by atoms with Crippen LogP contribution in [0.25, 0.3) is 0 Å². The van der Waals surface area contributed by atoms with E-state index in [2.05, 4.69) is 0 Å². The van der Waals surface area contributed by atoms with Crippen LogP contribution in [0.15, 0.2) is 81.6 Å². The van der Waals surface area contributed by atoms with Gasteiger partial charge in [0.15, 0.2) is 5.78 Å². The monoisotopic (exact) mass is 344 g/mol.